The number of nitrogens with one attached hydrogen (secondary N) is 1. The second-order valence-corrected chi connectivity index (χ2v) is 12.4. The zero-order valence-electron chi connectivity index (χ0n) is 28.7. The summed E-state index contributed by atoms with van der Waals surface area (Å²) in [6.07, 6.45) is 18.2. The van der Waals surface area contributed by atoms with Crippen molar-refractivity contribution in [3.8, 4) is 0 Å². The van der Waals surface area contributed by atoms with Crippen molar-refractivity contribution in [2.45, 2.75) is 152 Å². The Morgan fingerprint density at radius 1 is 0.929 bits per heavy atom. The van der Waals surface area contributed by atoms with Crippen LogP contribution in [0.25, 0.3) is 0 Å². The van der Waals surface area contributed by atoms with Crippen LogP contribution in [0.1, 0.15) is 153 Å². The molecule has 1 fully saturated rings. The molecule has 3 rings (SSSR count). The predicted octanol–water partition coefficient (Wildman–Crippen LogP) is 11.4. The van der Waals surface area contributed by atoms with Crippen LogP contribution in [-0.4, -0.2) is 16.5 Å². The third-order valence-electron chi connectivity index (χ3n) is 8.45. The van der Waals surface area contributed by atoms with Crippen molar-refractivity contribution in [1.82, 2.24) is 4.98 Å². The molecule has 3 nitrogen and oxygen atoms in total. The van der Waals surface area contributed by atoms with Crippen LogP contribution in [0.5, 0.6) is 0 Å². The van der Waals surface area contributed by atoms with Gasteiger partial charge in [-0.25, -0.2) is 0 Å². The first-order valence-electron chi connectivity index (χ1n) is 17.4. The number of hydrogen-bond acceptors (Lipinski definition) is 3. The number of Topliss-reactive ketones (excluding diaryl/α,β-unsaturated/α-hetero) is 1. The van der Waals surface area contributed by atoms with Crippen LogP contribution in [0.3, 0.4) is 0 Å². The molecule has 1 aliphatic carbocycles. The number of carbonyl (C=O) groups excluding carboxylic acids is 1. The van der Waals surface area contributed by atoms with Crippen molar-refractivity contribution in [2.24, 2.45) is 17.8 Å². The monoisotopic (exact) mass is 577 g/mol. The number of pyridine rings is 1. The van der Waals surface area contributed by atoms with Gasteiger partial charge in [-0.05, 0) is 99.5 Å². The Kier molecular flexibility index (Phi) is 20.0. The standard InChI is InChI=1S/C34H50N2O.C3H8.C2H6/c1-5-10-31(34(35)33-18-15-25(3)21-30(33)6-2)13-7-8-14-32(37)24-28-12-9-11-27(16-17-28)23-29-19-20-36-26(4)22-29;1-3-2;1-2/h15,18-22,27-28,31,35H,5-14,16-17,23-24H2,1-4H3;3H2,1-2H3;1-2H3. The Morgan fingerprint density at radius 2 is 1.62 bits per heavy atom. The van der Waals surface area contributed by atoms with Crippen LogP contribution in [0.2, 0.25) is 0 Å². The fourth-order valence-electron chi connectivity index (χ4n) is 6.34. The van der Waals surface area contributed by atoms with Crippen molar-refractivity contribution in [1.29, 1.82) is 5.41 Å². The molecule has 0 aliphatic heterocycles. The Morgan fingerprint density at radius 3 is 2.29 bits per heavy atom. The van der Waals surface area contributed by atoms with Crippen LogP contribution in [-0.2, 0) is 17.6 Å². The van der Waals surface area contributed by atoms with Gasteiger partial charge in [-0.2, -0.15) is 0 Å². The van der Waals surface area contributed by atoms with E-state index >= 15 is 0 Å². The number of aryl methyl sites for hydroxylation is 3. The smallest absolute Gasteiger partial charge is 0.133 e. The Labute approximate surface area is 260 Å². The average Bonchev–Trinajstić information content (AvgIpc) is 3.20. The van der Waals surface area contributed by atoms with E-state index in [1.165, 1.54) is 55.2 Å². The van der Waals surface area contributed by atoms with Crippen molar-refractivity contribution < 1.29 is 4.79 Å². The molecule has 3 heteroatoms. The number of unbranched alkanes of at least 4 members (excludes halogenated alkanes) is 1. The molecule has 0 spiro atoms. The minimum absolute atomic E-state index is 0.302. The Hall–Kier alpha value is -2.29. The minimum Gasteiger partial charge on any atom is -0.304 e. The molecule has 1 heterocycles. The first-order valence-corrected chi connectivity index (χ1v) is 17.4. The highest BCUT2D eigenvalue weighted by atomic mass is 16.1. The number of aromatic nitrogens is 1. The third kappa shape index (κ3) is 14.3. The molecule has 236 valence electrons. The quantitative estimate of drug-likeness (QED) is 0.138. The van der Waals surface area contributed by atoms with Crippen molar-refractivity contribution in [2.75, 3.05) is 0 Å². The predicted molar refractivity (Wildman–Crippen MR) is 184 cm³/mol. The van der Waals surface area contributed by atoms with Crippen molar-refractivity contribution in [3.05, 3.63) is 64.5 Å². The molecule has 1 saturated carbocycles. The van der Waals surface area contributed by atoms with Gasteiger partial charge in [0.1, 0.15) is 5.78 Å². The zero-order valence-corrected chi connectivity index (χ0v) is 28.7. The largest absolute Gasteiger partial charge is 0.304 e. The molecule has 1 aromatic heterocycles. The molecule has 1 aliphatic rings. The molecular weight excluding hydrogens is 512 g/mol. The highest BCUT2D eigenvalue weighted by Crippen LogP contribution is 2.32. The van der Waals surface area contributed by atoms with Gasteiger partial charge in [0.2, 0.25) is 0 Å². The molecule has 2 aromatic rings. The lowest BCUT2D eigenvalue weighted by molar-refractivity contribution is -0.120. The number of benzene rings is 1. The Balaban J connectivity index is 0.00000165. The van der Waals surface area contributed by atoms with Gasteiger partial charge < -0.3 is 5.41 Å². The molecule has 0 radical (unpaired) electrons. The van der Waals surface area contributed by atoms with E-state index in [9.17, 15) is 4.79 Å². The second-order valence-electron chi connectivity index (χ2n) is 12.4. The van der Waals surface area contributed by atoms with Gasteiger partial charge in [0.15, 0.2) is 0 Å². The molecule has 0 saturated heterocycles. The zero-order chi connectivity index (χ0) is 31.3. The van der Waals surface area contributed by atoms with E-state index in [0.717, 1.165) is 74.3 Å². The number of nitrogens with zero attached hydrogens (tertiary/aromatic N) is 1. The van der Waals surface area contributed by atoms with Gasteiger partial charge in [0, 0.05) is 36.4 Å². The molecule has 42 heavy (non-hydrogen) atoms. The van der Waals surface area contributed by atoms with E-state index < -0.39 is 0 Å². The van der Waals surface area contributed by atoms with E-state index in [4.69, 9.17) is 5.41 Å². The normalized spacial score (nSPS) is 17.1. The Bertz CT molecular complexity index is 1030. The van der Waals surface area contributed by atoms with Crippen LogP contribution < -0.4 is 0 Å². The number of hydrogen-bond donors (Lipinski definition) is 1. The van der Waals surface area contributed by atoms with E-state index in [1.54, 1.807) is 0 Å². The summed E-state index contributed by atoms with van der Waals surface area (Å²) in [5.74, 6) is 2.08. The number of rotatable bonds is 14. The van der Waals surface area contributed by atoms with Crippen LogP contribution in [0.4, 0.5) is 0 Å². The van der Waals surface area contributed by atoms with Crippen LogP contribution in [0.15, 0.2) is 36.5 Å². The summed E-state index contributed by atoms with van der Waals surface area (Å²) in [6.45, 7) is 16.8. The second kappa shape index (κ2) is 22.3. The summed E-state index contributed by atoms with van der Waals surface area (Å²) in [5, 5.41) is 8.94. The number of carbonyl (C=O) groups is 1. The first-order chi connectivity index (χ1) is 20.3. The van der Waals surface area contributed by atoms with E-state index in [2.05, 4.69) is 76.9 Å². The number of ketones is 1. The van der Waals surface area contributed by atoms with E-state index in [-0.39, 0.29) is 0 Å². The summed E-state index contributed by atoms with van der Waals surface area (Å²) in [4.78, 5) is 17.2. The van der Waals surface area contributed by atoms with Gasteiger partial charge in [-0.3, -0.25) is 9.78 Å². The maximum Gasteiger partial charge on any atom is 0.133 e. The summed E-state index contributed by atoms with van der Waals surface area (Å²) < 4.78 is 0. The lowest BCUT2D eigenvalue weighted by Crippen LogP contribution is -2.17. The van der Waals surface area contributed by atoms with Crippen molar-refractivity contribution in [3.63, 3.8) is 0 Å². The molecule has 1 aromatic carbocycles. The average molecular weight is 577 g/mol. The maximum atomic E-state index is 12.8. The summed E-state index contributed by atoms with van der Waals surface area (Å²) in [6, 6.07) is 10.9. The molecule has 0 amide bonds. The molecule has 1 N–H and O–H groups in total. The highest BCUT2D eigenvalue weighted by Gasteiger charge is 2.22. The third-order valence-corrected chi connectivity index (χ3v) is 8.45. The van der Waals surface area contributed by atoms with E-state index in [0.29, 0.717) is 24.0 Å². The lowest BCUT2D eigenvalue weighted by atomic mass is 9.85. The minimum atomic E-state index is 0.302. The molecule has 3 unspecified atom stereocenters. The fraction of sp³-hybridized carbons (Fsp3) is 0.667. The summed E-state index contributed by atoms with van der Waals surface area (Å²) in [7, 11) is 0. The molecular formula is C39H64N2O. The van der Waals surface area contributed by atoms with Gasteiger partial charge in [-0.15, -0.1) is 0 Å². The summed E-state index contributed by atoms with van der Waals surface area (Å²) in [5.41, 5.74) is 7.02. The van der Waals surface area contributed by atoms with Gasteiger partial charge in [-0.1, -0.05) is 104 Å². The van der Waals surface area contributed by atoms with Crippen LogP contribution >= 0.6 is 0 Å². The fourth-order valence-corrected chi connectivity index (χ4v) is 6.34. The van der Waals surface area contributed by atoms with Gasteiger partial charge in [0.25, 0.3) is 0 Å². The lowest BCUT2D eigenvalue weighted by Gasteiger charge is -2.20. The topological polar surface area (TPSA) is 53.8 Å². The SMILES string of the molecule is CC.CCC.CCCC(CCCCC(=O)CC1CCCC(Cc2ccnc(C)c2)CC1)C(=N)c1ccc(C)cc1CC. The van der Waals surface area contributed by atoms with E-state index in [1.807, 2.05) is 20.0 Å². The molecule has 0 bridgehead atoms. The van der Waals surface area contributed by atoms with Gasteiger partial charge in [0.05, 0.1) is 0 Å². The maximum absolute atomic E-state index is 12.8. The highest BCUT2D eigenvalue weighted by molar-refractivity contribution is 6.01. The summed E-state index contributed by atoms with van der Waals surface area (Å²) >= 11 is 0. The molecule has 3 atom stereocenters. The first kappa shape index (κ1) is 37.7. The van der Waals surface area contributed by atoms with Crippen LogP contribution in [0, 0.1) is 37.0 Å². The van der Waals surface area contributed by atoms with Gasteiger partial charge >= 0.3 is 0 Å². The van der Waals surface area contributed by atoms with Crippen molar-refractivity contribution >= 4 is 11.5 Å².